The summed E-state index contributed by atoms with van der Waals surface area (Å²) in [7, 11) is 0. The van der Waals surface area contributed by atoms with Crippen molar-refractivity contribution in [2.45, 2.75) is 52.3 Å². The van der Waals surface area contributed by atoms with Crippen molar-refractivity contribution in [2.75, 3.05) is 6.61 Å². The quantitative estimate of drug-likeness (QED) is 0.804. The van der Waals surface area contributed by atoms with Crippen molar-refractivity contribution in [3.05, 3.63) is 28.2 Å². The molecule has 0 fully saturated rings. The molecule has 0 aliphatic rings. The number of rotatable bonds is 7. The van der Waals surface area contributed by atoms with Crippen molar-refractivity contribution < 1.29 is 9.84 Å². The molecule has 0 aromatic heterocycles. The molecule has 108 valence electrons. The second kappa shape index (κ2) is 7.27. The summed E-state index contributed by atoms with van der Waals surface area (Å²) in [6.45, 7) is 9.07. The Kier molecular flexibility index (Phi) is 6.30. The van der Waals surface area contributed by atoms with Crippen LogP contribution in [0.15, 0.2) is 22.7 Å². The molecule has 0 aliphatic heterocycles. The molecule has 0 saturated carbocycles. The maximum atomic E-state index is 9.94. The standard InChI is InChI=1S/C15H24BrNO2/c1-5-15(4,18)10-19-13-6-7-14(16)12(8-13)9-17-11(2)3/h6-8,11,17-18H,5,9-10H2,1-4H3. The number of halogens is 1. The zero-order valence-electron chi connectivity index (χ0n) is 12.2. The van der Waals surface area contributed by atoms with Gasteiger partial charge < -0.3 is 15.2 Å². The van der Waals surface area contributed by atoms with Crippen LogP contribution in [-0.2, 0) is 6.54 Å². The summed E-state index contributed by atoms with van der Waals surface area (Å²) in [6.07, 6.45) is 0.672. The Morgan fingerprint density at radius 2 is 2.11 bits per heavy atom. The van der Waals surface area contributed by atoms with E-state index in [0.29, 0.717) is 19.1 Å². The lowest BCUT2D eigenvalue weighted by Crippen LogP contribution is -2.31. The lowest BCUT2D eigenvalue weighted by molar-refractivity contribution is 0.00844. The minimum absolute atomic E-state index is 0.308. The van der Waals surface area contributed by atoms with Crippen LogP contribution in [0.3, 0.4) is 0 Å². The van der Waals surface area contributed by atoms with Crippen LogP contribution in [0.5, 0.6) is 5.75 Å². The van der Waals surface area contributed by atoms with Crippen LogP contribution >= 0.6 is 15.9 Å². The molecular formula is C15H24BrNO2. The molecule has 0 bridgehead atoms. The van der Waals surface area contributed by atoms with Gasteiger partial charge in [-0.15, -0.1) is 0 Å². The number of hydrogen-bond donors (Lipinski definition) is 2. The summed E-state index contributed by atoms with van der Waals surface area (Å²) in [5, 5.41) is 13.3. The van der Waals surface area contributed by atoms with Gasteiger partial charge in [0.15, 0.2) is 0 Å². The molecule has 1 atom stereocenters. The van der Waals surface area contributed by atoms with Crippen molar-refractivity contribution in [1.29, 1.82) is 0 Å². The van der Waals surface area contributed by atoms with Gasteiger partial charge in [0.1, 0.15) is 12.4 Å². The zero-order valence-corrected chi connectivity index (χ0v) is 13.8. The highest BCUT2D eigenvalue weighted by molar-refractivity contribution is 9.10. The maximum Gasteiger partial charge on any atom is 0.119 e. The molecule has 3 nitrogen and oxygen atoms in total. The van der Waals surface area contributed by atoms with Crippen molar-refractivity contribution >= 4 is 15.9 Å². The van der Waals surface area contributed by atoms with Crippen molar-refractivity contribution in [3.8, 4) is 5.75 Å². The van der Waals surface area contributed by atoms with Crippen LogP contribution in [0.4, 0.5) is 0 Å². The summed E-state index contributed by atoms with van der Waals surface area (Å²) in [5.74, 6) is 0.789. The average molecular weight is 330 g/mol. The highest BCUT2D eigenvalue weighted by Crippen LogP contribution is 2.23. The van der Waals surface area contributed by atoms with E-state index in [2.05, 4.69) is 35.1 Å². The molecule has 1 unspecified atom stereocenters. The lowest BCUT2D eigenvalue weighted by Gasteiger charge is -2.22. The molecule has 19 heavy (non-hydrogen) atoms. The number of aliphatic hydroxyl groups is 1. The van der Waals surface area contributed by atoms with Crippen molar-refractivity contribution in [2.24, 2.45) is 0 Å². The minimum Gasteiger partial charge on any atom is -0.491 e. The molecule has 4 heteroatoms. The highest BCUT2D eigenvalue weighted by Gasteiger charge is 2.18. The first kappa shape index (κ1) is 16.5. The third kappa shape index (κ3) is 5.93. The van der Waals surface area contributed by atoms with Crippen molar-refractivity contribution in [1.82, 2.24) is 5.32 Å². The SMILES string of the molecule is CCC(C)(O)COc1ccc(Br)c(CNC(C)C)c1. The molecular weight excluding hydrogens is 306 g/mol. The molecule has 0 heterocycles. The number of benzene rings is 1. The summed E-state index contributed by atoms with van der Waals surface area (Å²) in [4.78, 5) is 0. The van der Waals surface area contributed by atoms with Crippen LogP contribution < -0.4 is 10.1 Å². The topological polar surface area (TPSA) is 41.5 Å². The van der Waals surface area contributed by atoms with E-state index in [0.717, 1.165) is 22.3 Å². The van der Waals surface area contributed by atoms with E-state index >= 15 is 0 Å². The van der Waals surface area contributed by atoms with Gasteiger partial charge in [0.25, 0.3) is 0 Å². The van der Waals surface area contributed by atoms with Gasteiger partial charge in [-0.1, -0.05) is 36.7 Å². The third-order valence-corrected chi connectivity index (χ3v) is 3.80. The summed E-state index contributed by atoms with van der Waals surface area (Å²) >= 11 is 3.54. The fourth-order valence-corrected chi connectivity index (χ4v) is 1.82. The van der Waals surface area contributed by atoms with E-state index < -0.39 is 5.60 Å². The molecule has 0 saturated heterocycles. The summed E-state index contributed by atoms with van der Waals surface area (Å²) in [6, 6.07) is 6.34. The number of hydrogen-bond acceptors (Lipinski definition) is 3. The van der Waals surface area contributed by atoms with Gasteiger partial charge in [0, 0.05) is 17.1 Å². The van der Waals surface area contributed by atoms with Crippen molar-refractivity contribution in [3.63, 3.8) is 0 Å². The van der Waals surface area contributed by atoms with Gasteiger partial charge in [-0.25, -0.2) is 0 Å². The monoisotopic (exact) mass is 329 g/mol. The van der Waals surface area contributed by atoms with E-state index in [4.69, 9.17) is 4.74 Å². The fraction of sp³-hybridized carbons (Fsp3) is 0.600. The maximum absolute atomic E-state index is 9.94. The fourth-order valence-electron chi connectivity index (χ4n) is 1.43. The predicted octanol–water partition coefficient (Wildman–Crippen LogP) is 3.49. The first-order chi connectivity index (χ1) is 8.84. The zero-order chi connectivity index (χ0) is 14.5. The lowest BCUT2D eigenvalue weighted by atomic mass is 10.1. The molecule has 0 aliphatic carbocycles. The van der Waals surface area contributed by atoms with Gasteiger partial charge in [0.05, 0.1) is 5.60 Å². The molecule has 2 N–H and O–H groups in total. The van der Waals surface area contributed by atoms with Gasteiger partial charge in [-0.2, -0.15) is 0 Å². The van der Waals surface area contributed by atoms with Gasteiger partial charge in [-0.05, 0) is 37.1 Å². The van der Waals surface area contributed by atoms with E-state index in [1.54, 1.807) is 6.92 Å². The Labute approximate surface area is 124 Å². The van der Waals surface area contributed by atoms with Crippen LogP contribution in [0.25, 0.3) is 0 Å². The van der Waals surface area contributed by atoms with Crippen LogP contribution in [-0.4, -0.2) is 23.4 Å². The van der Waals surface area contributed by atoms with E-state index in [1.807, 2.05) is 25.1 Å². The Balaban J connectivity index is 2.67. The highest BCUT2D eigenvalue weighted by atomic mass is 79.9. The summed E-state index contributed by atoms with van der Waals surface area (Å²) < 4.78 is 6.73. The second-order valence-electron chi connectivity index (χ2n) is 5.43. The Morgan fingerprint density at radius 1 is 1.42 bits per heavy atom. The van der Waals surface area contributed by atoms with Crippen LogP contribution in [0.1, 0.15) is 39.7 Å². The first-order valence-corrected chi connectivity index (χ1v) is 7.50. The van der Waals surface area contributed by atoms with E-state index in [1.165, 1.54) is 0 Å². The Hall–Kier alpha value is -0.580. The molecule has 0 spiro atoms. The molecule has 1 rings (SSSR count). The Morgan fingerprint density at radius 3 is 2.68 bits per heavy atom. The Bertz CT molecular complexity index is 405. The number of nitrogens with one attached hydrogen (secondary N) is 1. The molecule has 0 radical (unpaired) electrons. The minimum atomic E-state index is -0.774. The molecule has 1 aromatic rings. The van der Waals surface area contributed by atoms with E-state index in [9.17, 15) is 5.11 Å². The number of ether oxygens (including phenoxy) is 1. The largest absolute Gasteiger partial charge is 0.491 e. The molecule has 0 amide bonds. The normalized spacial score (nSPS) is 14.5. The average Bonchev–Trinajstić information content (AvgIpc) is 2.36. The smallest absolute Gasteiger partial charge is 0.119 e. The molecule has 1 aromatic carbocycles. The third-order valence-electron chi connectivity index (χ3n) is 3.03. The second-order valence-corrected chi connectivity index (χ2v) is 6.28. The van der Waals surface area contributed by atoms with Crippen LogP contribution in [0.2, 0.25) is 0 Å². The van der Waals surface area contributed by atoms with Gasteiger partial charge in [-0.3, -0.25) is 0 Å². The predicted molar refractivity (Wildman–Crippen MR) is 82.5 cm³/mol. The summed E-state index contributed by atoms with van der Waals surface area (Å²) in [5.41, 5.74) is 0.381. The first-order valence-electron chi connectivity index (χ1n) is 6.71. The van der Waals surface area contributed by atoms with E-state index in [-0.39, 0.29) is 0 Å². The van der Waals surface area contributed by atoms with Crippen LogP contribution in [0, 0.1) is 0 Å². The van der Waals surface area contributed by atoms with Gasteiger partial charge >= 0.3 is 0 Å². The van der Waals surface area contributed by atoms with Gasteiger partial charge in [0.2, 0.25) is 0 Å².